The molecule has 23 heavy (non-hydrogen) atoms. The molecule has 0 saturated carbocycles. The Morgan fingerprint density at radius 2 is 1.78 bits per heavy atom. The molecule has 0 radical (unpaired) electrons. The van der Waals surface area contributed by atoms with E-state index < -0.39 is 0 Å². The Balaban J connectivity index is 1.57. The molecule has 0 aliphatic carbocycles. The van der Waals surface area contributed by atoms with Crippen LogP contribution in [-0.4, -0.2) is 20.9 Å². The molecule has 0 atom stereocenters. The van der Waals surface area contributed by atoms with Gasteiger partial charge in [-0.05, 0) is 36.4 Å². The van der Waals surface area contributed by atoms with Crippen LogP contribution in [0.4, 0.5) is 11.5 Å². The molecule has 0 bridgehead atoms. The molecule has 1 heterocycles. The van der Waals surface area contributed by atoms with E-state index in [1.54, 1.807) is 24.3 Å². The van der Waals surface area contributed by atoms with Crippen molar-refractivity contribution in [1.82, 2.24) is 15.0 Å². The fourth-order valence-electron chi connectivity index (χ4n) is 1.97. The fourth-order valence-corrected chi connectivity index (χ4v) is 1.97. The molecule has 3 N–H and O–H groups in total. The summed E-state index contributed by atoms with van der Waals surface area (Å²) in [6.07, 6.45) is 1.50. The van der Waals surface area contributed by atoms with Gasteiger partial charge < -0.3 is 15.8 Å². The molecule has 0 saturated heterocycles. The molecule has 0 aliphatic heterocycles. The van der Waals surface area contributed by atoms with Crippen LogP contribution in [-0.2, 0) is 11.3 Å². The number of carbonyl (C=O) groups is 1. The minimum Gasteiger partial charge on any atom is -0.457 e. The zero-order chi connectivity index (χ0) is 16.1. The van der Waals surface area contributed by atoms with E-state index in [1.807, 2.05) is 30.3 Å². The lowest BCUT2D eigenvalue weighted by atomic mass is 10.3. The smallest absolute Gasteiger partial charge is 0.246 e. The number of hydrogen-bond donors (Lipinski definition) is 2. The number of nitrogen functional groups attached to an aromatic ring is 1. The first kappa shape index (κ1) is 14.6. The van der Waals surface area contributed by atoms with Crippen LogP contribution in [0.3, 0.4) is 0 Å². The van der Waals surface area contributed by atoms with E-state index in [-0.39, 0.29) is 18.3 Å². The van der Waals surface area contributed by atoms with Gasteiger partial charge in [0.1, 0.15) is 18.0 Å². The van der Waals surface area contributed by atoms with Crippen LogP contribution in [0.25, 0.3) is 0 Å². The number of nitrogens with two attached hydrogens (primary N) is 1. The Morgan fingerprint density at radius 3 is 2.43 bits per heavy atom. The predicted octanol–water partition coefficient (Wildman–Crippen LogP) is 2.29. The molecule has 0 aliphatic rings. The van der Waals surface area contributed by atoms with Crippen molar-refractivity contribution in [3.8, 4) is 11.5 Å². The van der Waals surface area contributed by atoms with E-state index in [1.165, 1.54) is 10.9 Å². The quantitative estimate of drug-likeness (QED) is 0.754. The second kappa shape index (κ2) is 6.61. The summed E-state index contributed by atoms with van der Waals surface area (Å²) in [6, 6.07) is 16.6. The van der Waals surface area contributed by atoms with Crippen LogP contribution in [0.15, 0.2) is 60.8 Å². The molecule has 3 rings (SSSR count). The molecule has 7 nitrogen and oxygen atoms in total. The lowest BCUT2D eigenvalue weighted by molar-refractivity contribution is -0.116. The molecule has 2 aromatic carbocycles. The highest BCUT2D eigenvalue weighted by molar-refractivity contribution is 5.90. The molecule has 116 valence electrons. The highest BCUT2D eigenvalue weighted by atomic mass is 16.5. The minimum atomic E-state index is -0.216. The summed E-state index contributed by atoms with van der Waals surface area (Å²) >= 11 is 0. The van der Waals surface area contributed by atoms with Crippen molar-refractivity contribution in [3.05, 3.63) is 60.8 Å². The maximum absolute atomic E-state index is 11.9. The maximum atomic E-state index is 11.9. The molecule has 1 amide bonds. The number of hydrogen-bond acceptors (Lipinski definition) is 5. The van der Waals surface area contributed by atoms with Crippen LogP contribution >= 0.6 is 0 Å². The van der Waals surface area contributed by atoms with Gasteiger partial charge in [-0.2, -0.15) is 0 Å². The molecule has 1 aromatic heterocycles. The van der Waals surface area contributed by atoms with Crippen molar-refractivity contribution in [3.63, 3.8) is 0 Å². The van der Waals surface area contributed by atoms with Gasteiger partial charge in [-0.1, -0.05) is 23.4 Å². The molecule has 3 aromatic rings. The van der Waals surface area contributed by atoms with Gasteiger partial charge in [-0.15, -0.1) is 5.10 Å². The molecule has 0 fully saturated rings. The first-order valence-corrected chi connectivity index (χ1v) is 6.97. The highest BCUT2D eigenvalue weighted by Crippen LogP contribution is 2.22. The molecular weight excluding hydrogens is 294 g/mol. The predicted molar refractivity (Wildman–Crippen MR) is 86.0 cm³/mol. The zero-order valence-electron chi connectivity index (χ0n) is 12.2. The van der Waals surface area contributed by atoms with E-state index in [4.69, 9.17) is 10.5 Å². The normalized spacial score (nSPS) is 10.3. The standard InChI is InChI=1S/C16H15N5O2/c17-15-10-21(20-19-15)11-16(22)18-12-6-8-14(9-7-12)23-13-4-2-1-3-5-13/h1-10H,11,17H2,(H,18,22). The third-order valence-corrected chi connectivity index (χ3v) is 2.98. The molecule has 0 spiro atoms. The number of rotatable bonds is 5. The van der Waals surface area contributed by atoms with E-state index in [0.29, 0.717) is 11.4 Å². The van der Waals surface area contributed by atoms with Crippen LogP contribution in [0, 0.1) is 0 Å². The number of amides is 1. The largest absolute Gasteiger partial charge is 0.457 e. The Bertz CT molecular complexity index is 784. The average Bonchev–Trinajstić information content (AvgIpc) is 2.95. The number of nitrogens with one attached hydrogen (secondary N) is 1. The van der Waals surface area contributed by atoms with E-state index in [2.05, 4.69) is 15.6 Å². The lowest BCUT2D eigenvalue weighted by Gasteiger charge is -2.08. The second-order valence-corrected chi connectivity index (χ2v) is 4.83. The fraction of sp³-hybridized carbons (Fsp3) is 0.0625. The van der Waals surface area contributed by atoms with E-state index >= 15 is 0 Å². The number of anilines is 2. The summed E-state index contributed by atoms with van der Waals surface area (Å²) in [5, 5.41) is 10.1. The van der Waals surface area contributed by atoms with Crippen LogP contribution in [0.1, 0.15) is 0 Å². The van der Waals surface area contributed by atoms with E-state index in [0.717, 1.165) is 5.75 Å². The van der Waals surface area contributed by atoms with Gasteiger partial charge in [0.2, 0.25) is 5.91 Å². The summed E-state index contributed by atoms with van der Waals surface area (Å²) in [4.78, 5) is 11.9. The summed E-state index contributed by atoms with van der Waals surface area (Å²) in [7, 11) is 0. The Hall–Kier alpha value is -3.35. The number of para-hydroxylation sites is 1. The van der Waals surface area contributed by atoms with Gasteiger partial charge in [0.15, 0.2) is 5.82 Å². The third-order valence-electron chi connectivity index (χ3n) is 2.98. The maximum Gasteiger partial charge on any atom is 0.246 e. The molecular formula is C16H15N5O2. The van der Waals surface area contributed by atoms with Crippen LogP contribution < -0.4 is 15.8 Å². The van der Waals surface area contributed by atoms with Crippen molar-refractivity contribution in [2.75, 3.05) is 11.1 Å². The van der Waals surface area contributed by atoms with Crippen LogP contribution in [0.5, 0.6) is 11.5 Å². The van der Waals surface area contributed by atoms with Crippen molar-refractivity contribution in [2.24, 2.45) is 0 Å². The number of benzene rings is 2. The van der Waals surface area contributed by atoms with Gasteiger partial charge in [0.05, 0.1) is 6.20 Å². The topological polar surface area (TPSA) is 95.1 Å². The van der Waals surface area contributed by atoms with Crippen molar-refractivity contribution in [1.29, 1.82) is 0 Å². The summed E-state index contributed by atoms with van der Waals surface area (Å²) in [5.74, 6) is 1.51. The number of ether oxygens (including phenoxy) is 1. The number of nitrogens with zero attached hydrogens (tertiary/aromatic N) is 3. The summed E-state index contributed by atoms with van der Waals surface area (Å²) in [5.41, 5.74) is 6.12. The lowest BCUT2D eigenvalue weighted by Crippen LogP contribution is -2.19. The Labute approximate surface area is 132 Å². The zero-order valence-corrected chi connectivity index (χ0v) is 12.2. The van der Waals surface area contributed by atoms with Crippen molar-refractivity contribution < 1.29 is 9.53 Å². The van der Waals surface area contributed by atoms with Gasteiger partial charge in [-0.3, -0.25) is 4.79 Å². The Morgan fingerprint density at radius 1 is 1.09 bits per heavy atom. The van der Waals surface area contributed by atoms with Crippen LogP contribution in [0.2, 0.25) is 0 Å². The number of aromatic nitrogens is 3. The first-order chi connectivity index (χ1) is 11.2. The summed E-state index contributed by atoms with van der Waals surface area (Å²) < 4.78 is 7.06. The van der Waals surface area contributed by atoms with Gasteiger partial charge in [-0.25, -0.2) is 4.68 Å². The van der Waals surface area contributed by atoms with Gasteiger partial charge in [0, 0.05) is 5.69 Å². The van der Waals surface area contributed by atoms with E-state index in [9.17, 15) is 4.79 Å². The van der Waals surface area contributed by atoms with Crippen molar-refractivity contribution in [2.45, 2.75) is 6.54 Å². The monoisotopic (exact) mass is 309 g/mol. The Kier molecular flexibility index (Phi) is 4.19. The minimum absolute atomic E-state index is 0.0481. The van der Waals surface area contributed by atoms with Gasteiger partial charge >= 0.3 is 0 Å². The molecule has 0 unspecified atom stereocenters. The van der Waals surface area contributed by atoms with Crippen molar-refractivity contribution >= 4 is 17.4 Å². The summed E-state index contributed by atoms with van der Waals surface area (Å²) in [6.45, 7) is 0.0481. The highest BCUT2D eigenvalue weighted by Gasteiger charge is 2.06. The third kappa shape index (κ3) is 4.07. The molecule has 7 heteroatoms. The number of carbonyl (C=O) groups excluding carboxylic acids is 1. The average molecular weight is 309 g/mol. The first-order valence-electron chi connectivity index (χ1n) is 6.97. The van der Waals surface area contributed by atoms with Gasteiger partial charge in [0.25, 0.3) is 0 Å². The second-order valence-electron chi connectivity index (χ2n) is 4.83. The SMILES string of the molecule is Nc1cn(CC(=O)Nc2ccc(Oc3ccccc3)cc2)nn1.